The second-order valence-corrected chi connectivity index (χ2v) is 6.85. The number of carbonyl (C=O) groups excluding carboxylic acids is 1. The predicted molar refractivity (Wildman–Crippen MR) is 70.6 cm³/mol. The molecule has 1 aliphatic heterocycles. The molecule has 0 unspecified atom stereocenters. The molecular weight excluding hydrogens is 266 g/mol. The average Bonchev–Trinajstić information content (AvgIpc) is 2.25. The zero-order chi connectivity index (χ0) is 14.3. The highest BCUT2D eigenvalue weighted by Gasteiger charge is 2.29. The summed E-state index contributed by atoms with van der Waals surface area (Å²) in [6.45, 7) is 5.16. The van der Waals surface area contributed by atoms with Crippen LogP contribution in [-0.2, 0) is 19.6 Å². The van der Waals surface area contributed by atoms with Crippen molar-refractivity contribution in [1.82, 2.24) is 4.72 Å². The maximum absolute atomic E-state index is 12.0. The molecule has 0 saturated carbocycles. The van der Waals surface area contributed by atoms with Crippen molar-refractivity contribution in [1.29, 1.82) is 0 Å². The van der Waals surface area contributed by atoms with Gasteiger partial charge in [-0.25, -0.2) is 13.2 Å². The monoisotopic (exact) mass is 281 g/mol. The Hall–Kier alpha value is -1.82. The molecule has 1 aromatic carbocycles. The standard InChI is InChI=1S/C13H15NO4S/c1-13(2,3)18-12(15)10-8-9-6-4-5-7-11(9)19(16,17)14-10/h4-8,14H,1-3H3. The third-order valence-electron chi connectivity index (χ3n) is 2.37. The third-order valence-corrected chi connectivity index (χ3v) is 3.81. The molecule has 0 saturated heterocycles. The molecule has 0 aromatic heterocycles. The molecule has 0 bridgehead atoms. The van der Waals surface area contributed by atoms with E-state index in [1.165, 1.54) is 12.1 Å². The van der Waals surface area contributed by atoms with Crippen LogP contribution in [0.2, 0.25) is 0 Å². The minimum atomic E-state index is -3.71. The first-order valence-electron chi connectivity index (χ1n) is 5.76. The zero-order valence-corrected chi connectivity index (χ0v) is 11.7. The number of fused-ring (bicyclic) bond motifs is 1. The summed E-state index contributed by atoms with van der Waals surface area (Å²) in [7, 11) is -3.71. The van der Waals surface area contributed by atoms with Crippen LogP contribution in [0.3, 0.4) is 0 Å². The van der Waals surface area contributed by atoms with Gasteiger partial charge in [-0.2, -0.15) is 0 Å². The van der Waals surface area contributed by atoms with E-state index in [1.807, 2.05) is 0 Å². The number of nitrogens with one attached hydrogen (secondary N) is 1. The fourth-order valence-electron chi connectivity index (χ4n) is 1.66. The molecule has 1 aliphatic rings. The van der Waals surface area contributed by atoms with Crippen LogP contribution in [0.15, 0.2) is 34.9 Å². The van der Waals surface area contributed by atoms with Crippen LogP contribution in [-0.4, -0.2) is 20.0 Å². The lowest BCUT2D eigenvalue weighted by atomic mass is 10.1. The first-order valence-corrected chi connectivity index (χ1v) is 7.24. The molecule has 1 heterocycles. The number of hydrogen-bond acceptors (Lipinski definition) is 4. The summed E-state index contributed by atoms with van der Waals surface area (Å²) in [6.07, 6.45) is 1.48. The molecule has 1 aromatic rings. The van der Waals surface area contributed by atoms with Gasteiger partial charge in [0.15, 0.2) is 0 Å². The van der Waals surface area contributed by atoms with Gasteiger partial charge in [-0.05, 0) is 38.5 Å². The molecule has 19 heavy (non-hydrogen) atoms. The second kappa shape index (κ2) is 4.38. The molecular formula is C13H15NO4S. The Bertz CT molecular complexity index is 653. The van der Waals surface area contributed by atoms with E-state index in [1.54, 1.807) is 39.0 Å². The van der Waals surface area contributed by atoms with Gasteiger partial charge in [0, 0.05) is 0 Å². The van der Waals surface area contributed by atoms with Gasteiger partial charge >= 0.3 is 5.97 Å². The van der Waals surface area contributed by atoms with Crippen molar-refractivity contribution < 1.29 is 17.9 Å². The van der Waals surface area contributed by atoms with Gasteiger partial charge in [0.2, 0.25) is 0 Å². The molecule has 0 fully saturated rings. The second-order valence-electron chi connectivity index (χ2n) is 5.20. The van der Waals surface area contributed by atoms with Gasteiger partial charge in [0.1, 0.15) is 11.3 Å². The van der Waals surface area contributed by atoms with Crippen molar-refractivity contribution in [3.05, 3.63) is 35.5 Å². The van der Waals surface area contributed by atoms with Gasteiger partial charge in [-0.1, -0.05) is 18.2 Å². The summed E-state index contributed by atoms with van der Waals surface area (Å²) in [6, 6.07) is 6.46. The summed E-state index contributed by atoms with van der Waals surface area (Å²) in [5.74, 6) is -0.689. The Morgan fingerprint density at radius 3 is 2.47 bits per heavy atom. The van der Waals surface area contributed by atoms with E-state index in [0.29, 0.717) is 5.56 Å². The van der Waals surface area contributed by atoms with E-state index in [2.05, 4.69) is 4.72 Å². The quantitative estimate of drug-likeness (QED) is 0.795. The molecule has 0 atom stereocenters. The average molecular weight is 281 g/mol. The number of ether oxygens (including phenoxy) is 1. The number of esters is 1. The Labute approximate surface area is 112 Å². The topological polar surface area (TPSA) is 72.5 Å². The van der Waals surface area contributed by atoms with Crippen LogP contribution in [0.1, 0.15) is 26.3 Å². The van der Waals surface area contributed by atoms with E-state index in [-0.39, 0.29) is 10.6 Å². The summed E-state index contributed by atoms with van der Waals surface area (Å²) in [4.78, 5) is 12.0. The predicted octanol–water partition coefficient (Wildman–Crippen LogP) is 1.66. The fourth-order valence-corrected chi connectivity index (χ4v) is 2.90. The maximum Gasteiger partial charge on any atom is 0.355 e. The Morgan fingerprint density at radius 1 is 1.21 bits per heavy atom. The van der Waals surface area contributed by atoms with Gasteiger partial charge in [-0.15, -0.1) is 0 Å². The van der Waals surface area contributed by atoms with Gasteiger partial charge in [0.05, 0.1) is 4.90 Å². The van der Waals surface area contributed by atoms with E-state index < -0.39 is 21.6 Å². The molecule has 0 radical (unpaired) electrons. The first kappa shape index (κ1) is 13.6. The molecule has 102 valence electrons. The van der Waals surface area contributed by atoms with E-state index in [9.17, 15) is 13.2 Å². The molecule has 2 rings (SSSR count). The van der Waals surface area contributed by atoms with E-state index in [4.69, 9.17) is 4.74 Å². The van der Waals surface area contributed by atoms with Crippen molar-refractivity contribution in [2.75, 3.05) is 0 Å². The van der Waals surface area contributed by atoms with E-state index >= 15 is 0 Å². The molecule has 1 N–H and O–H groups in total. The van der Waals surface area contributed by atoms with Crippen molar-refractivity contribution in [3.8, 4) is 0 Å². The van der Waals surface area contributed by atoms with Gasteiger partial charge in [-0.3, -0.25) is 4.72 Å². The summed E-state index contributed by atoms with van der Waals surface area (Å²) in [5.41, 5.74) is -0.281. The van der Waals surface area contributed by atoms with E-state index in [0.717, 1.165) is 0 Å². The van der Waals surface area contributed by atoms with Crippen LogP contribution < -0.4 is 4.72 Å². The molecule has 0 aliphatic carbocycles. The lowest BCUT2D eigenvalue weighted by Crippen LogP contribution is -2.34. The Kier molecular flexibility index (Phi) is 3.14. The zero-order valence-electron chi connectivity index (χ0n) is 10.9. The molecule has 0 amide bonds. The van der Waals surface area contributed by atoms with Crippen LogP contribution >= 0.6 is 0 Å². The van der Waals surface area contributed by atoms with Crippen LogP contribution in [0.5, 0.6) is 0 Å². The number of carbonyl (C=O) groups is 1. The van der Waals surface area contributed by atoms with Gasteiger partial charge < -0.3 is 4.74 Å². The highest BCUT2D eigenvalue weighted by atomic mass is 32.2. The smallest absolute Gasteiger partial charge is 0.355 e. The summed E-state index contributed by atoms with van der Waals surface area (Å²) in [5, 5.41) is 0. The highest BCUT2D eigenvalue weighted by Crippen LogP contribution is 2.24. The summed E-state index contributed by atoms with van der Waals surface area (Å²) < 4.78 is 31.4. The minimum absolute atomic E-state index is 0.0753. The van der Waals surface area contributed by atoms with Crippen molar-refractivity contribution in [2.45, 2.75) is 31.3 Å². The van der Waals surface area contributed by atoms with Crippen molar-refractivity contribution >= 4 is 22.1 Å². The molecule has 5 nitrogen and oxygen atoms in total. The van der Waals surface area contributed by atoms with Crippen molar-refractivity contribution in [3.63, 3.8) is 0 Å². The highest BCUT2D eigenvalue weighted by molar-refractivity contribution is 7.89. The largest absolute Gasteiger partial charge is 0.455 e. The third kappa shape index (κ3) is 2.96. The van der Waals surface area contributed by atoms with Gasteiger partial charge in [0.25, 0.3) is 10.0 Å². The minimum Gasteiger partial charge on any atom is -0.455 e. The Morgan fingerprint density at radius 2 is 1.84 bits per heavy atom. The number of hydrogen-bond donors (Lipinski definition) is 1. The number of rotatable bonds is 1. The van der Waals surface area contributed by atoms with Crippen LogP contribution in [0.4, 0.5) is 0 Å². The Balaban J connectivity index is 2.41. The normalized spacial score (nSPS) is 16.9. The van der Waals surface area contributed by atoms with Crippen LogP contribution in [0, 0.1) is 0 Å². The fraction of sp³-hybridized carbons (Fsp3) is 0.308. The lowest BCUT2D eigenvalue weighted by Gasteiger charge is -2.23. The van der Waals surface area contributed by atoms with Crippen LogP contribution in [0.25, 0.3) is 6.08 Å². The first-order chi connectivity index (χ1) is 8.69. The SMILES string of the molecule is CC(C)(C)OC(=O)C1=Cc2ccccc2S(=O)(=O)N1. The number of benzene rings is 1. The van der Waals surface area contributed by atoms with Crippen molar-refractivity contribution in [2.24, 2.45) is 0 Å². The lowest BCUT2D eigenvalue weighted by molar-refractivity contribution is -0.150. The maximum atomic E-state index is 12.0. The number of sulfonamides is 1. The summed E-state index contributed by atoms with van der Waals surface area (Å²) >= 11 is 0. The molecule has 6 heteroatoms. The molecule has 0 spiro atoms.